The molecule has 0 N–H and O–H groups in total. The van der Waals surface area contributed by atoms with Crippen molar-refractivity contribution in [2.75, 3.05) is 11.5 Å². The van der Waals surface area contributed by atoms with Crippen LogP contribution >= 0.6 is 11.8 Å². The normalized spacial score (nSPS) is 26.5. The Hall–Kier alpha value is -0.200. The van der Waals surface area contributed by atoms with Gasteiger partial charge in [0.1, 0.15) is 5.94 Å². The van der Waals surface area contributed by atoms with Crippen molar-refractivity contribution in [1.82, 2.24) is 0 Å². The molecule has 0 saturated carbocycles. The first-order valence-electron chi connectivity index (χ1n) is 4.24. The molecule has 0 aliphatic carbocycles. The van der Waals surface area contributed by atoms with Gasteiger partial charge in [-0.05, 0) is 0 Å². The maximum absolute atomic E-state index is 10.8. The molecule has 0 aromatic carbocycles. The summed E-state index contributed by atoms with van der Waals surface area (Å²) in [6, 6.07) is 0. The molecule has 2 heteroatoms. The van der Waals surface area contributed by atoms with Crippen LogP contribution < -0.4 is 0 Å². The van der Waals surface area contributed by atoms with Crippen molar-refractivity contribution in [3.63, 3.8) is 0 Å². The second kappa shape index (κ2) is 2.93. The van der Waals surface area contributed by atoms with Crippen LogP contribution in [0.1, 0.15) is 27.7 Å². The molecular weight excluding hydrogens is 168 g/mol. The first-order valence-corrected chi connectivity index (χ1v) is 5.39. The fraction of sp³-hybridized carbons (Fsp3) is 0.800. The van der Waals surface area contributed by atoms with Crippen LogP contribution in [0.15, 0.2) is 5.57 Å². The Kier molecular flexibility index (Phi) is 2.42. The minimum atomic E-state index is 0.0359. The van der Waals surface area contributed by atoms with Crippen molar-refractivity contribution >= 4 is 17.7 Å². The van der Waals surface area contributed by atoms with E-state index in [1.54, 1.807) is 0 Å². The van der Waals surface area contributed by atoms with Crippen molar-refractivity contribution in [3.8, 4) is 0 Å². The van der Waals surface area contributed by atoms with Crippen LogP contribution in [-0.2, 0) is 4.79 Å². The van der Waals surface area contributed by atoms with Crippen LogP contribution in [0, 0.1) is 10.8 Å². The van der Waals surface area contributed by atoms with Crippen molar-refractivity contribution in [1.29, 1.82) is 0 Å². The highest BCUT2D eigenvalue weighted by atomic mass is 32.2. The number of hydrogen-bond acceptors (Lipinski definition) is 2. The number of allylic oxidation sites excluding steroid dienone is 1. The summed E-state index contributed by atoms with van der Waals surface area (Å²) in [4.78, 5) is 10.8. The summed E-state index contributed by atoms with van der Waals surface area (Å²) >= 11 is 1.93. The van der Waals surface area contributed by atoms with Gasteiger partial charge in [-0.25, -0.2) is 4.79 Å². The molecule has 1 fully saturated rings. The minimum Gasteiger partial charge on any atom is -0.234 e. The molecule has 1 saturated heterocycles. The second-order valence-corrected chi connectivity index (χ2v) is 5.72. The third-order valence-corrected chi connectivity index (χ3v) is 4.23. The Balaban J connectivity index is 3.06. The maximum atomic E-state index is 10.8. The van der Waals surface area contributed by atoms with Gasteiger partial charge in [-0.1, -0.05) is 27.7 Å². The van der Waals surface area contributed by atoms with Gasteiger partial charge in [0.05, 0.1) is 0 Å². The molecule has 0 aromatic rings. The molecule has 12 heavy (non-hydrogen) atoms. The number of thioether (sulfide) groups is 1. The quantitative estimate of drug-likeness (QED) is 0.538. The molecule has 1 rings (SSSR count). The third-order valence-electron chi connectivity index (χ3n) is 2.38. The zero-order valence-electron chi connectivity index (χ0n) is 8.23. The summed E-state index contributed by atoms with van der Waals surface area (Å²) < 4.78 is 0. The zero-order chi connectivity index (χ0) is 9.41. The van der Waals surface area contributed by atoms with Gasteiger partial charge in [-0.2, -0.15) is 11.8 Å². The van der Waals surface area contributed by atoms with E-state index < -0.39 is 0 Å². The highest BCUT2D eigenvalue weighted by Gasteiger charge is 2.40. The molecule has 0 radical (unpaired) electrons. The molecule has 1 heterocycles. The summed E-state index contributed by atoms with van der Waals surface area (Å²) in [6.07, 6.45) is 0. The predicted octanol–water partition coefficient (Wildman–Crippen LogP) is 2.54. The molecule has 0 amide bonds. The van der Waals surface area contributed by atoms with E-state index in [2.05, 4.69) is 33.6 Å². The van der Waals surface area contributed by atoms with Crippen molar-refractivity contribution in [2.45, 2.75) is 27.7 Å². The van der Waals surface area contributed by atoms with Crippen LogP contribution in [-0.4, -0.2) is 17.4 Å². The first kappa shape index (κ1) is 9.88. The van der Waals surface area contributed by atoms with E-state index in [4.69, 9.17) is 0 Å². The fourth-order valence-corrected chi connectivity index (χ4v) is 3.31. The lowest BCUT2D eigenvalue weighted by Gasteiger charge is -2.40. The Labute approximate surface area is 78.6 Å². The summed E-state index contributed by atoms with van der Waals surface area (Å²) in [5.41, 5.74) is 1.02. The Morgan fingerprint density at radius 1 is 1.17 bits per heavy atom. The van der Waals surface area contributed by atoms with E-state index in [9.17, 15) is 4.79 Å². The number of carbonyl (C=O) groups excluding carboxylic acids is 1. The lowest BCUT2D eigenvalue weighted by Crippen LogP contribution is -2.36. The molecule has 0 aromatic heterocycles. The SMILES string of the molecule is CC1(C)CSCC(C)(C)C1=C=O. The monoisotopic (exact) mass is 184 g/mol. The molecule has 0 spiro atoms. The smallest absolute Gasteiger partial charge is 0.124 e. The maximum Gasteiger partial charge on any atom is 0.124 e. The van der Waals surface area contributed by atoms with Crippen molar-refractivity contribution in [3.05, 3.63) is 5.57 Å². The van der Waals surface area contributed by atoms with Gasteiger partial charge in [0.15, 0.2) is 0 Å². The highest BCUT2D eigenvalue weighted by molar-refractivity contribution is 7.99. The summed E-state index contributed by atoms with van der Waals surface area (Å²) in [7, 11) is 0. The van der Waals surface area contributed by atoms with Gasteiger partial charge in [0.25, 0.3) is 0 Å². The molecule has 0 atom stereocenters. The van der Waals surface area contributed by atoms with Crippen LogP contribution in [0.25, 0.3) is 0 Å². The first-order chi connectivity index (χ1) is 5.40. The van der Waals surface area contributed by atoms with Crippen molar-refractivity contribution in [2.24, 2.45) is 10.8 Å². The summed E-state index contributed by atoms with van der Waals surface area (Å²) in [5, 5.41) is 0. The molecule has 68 valence electrons. The van der Waals surface area contributed by atoms with E-state index in [0.29, 0.717) is 0 Å². The van der Waals surface area contributed by atoms with Gasteiger partial charge >= 0.3 is 0 Å². The second-order valence-electron chi connectivity index (χ2n) is 4.74. The largest absolute Gasteiger partial charge is 0.234 e. The van der Waals surface area contributed by atoms with E-state index in [-0.39, 0.29) is 10.8 Å². The van der Waals surface area contributed by atoms with Crippen LogP contribution in [0.4, 0.5) is 0 Å². The van der Waals surface area contributed by atoms with Gasteiger partial charge in [-0.3, -0.25) is 0 Å². The number of hydrogen-bond donors (Lipinski definition) is 0. The van der Waals surface area contributed by atoms with Crippen LogP contribution in [0.2, 0.25) is 0 Å². The minimum absolute atomic E-state index is 0.0359. The lowest BCUT2D eigenvalue weighted by molar-refractivity contribution is 0.361. The van der Waals surface area contributed by atoms with Crippen molar-refractivity contribution < 1.29 is 4.79 Å². The zero-order valence-corrected chi connectivity index (χ0v) is 9.05. The van der Waals surface area contributed by atoms with Crippen LogP contribution in [0.3, 0.4) is 0 Å². The standard InChI is InChI=1S/C10H16OS/c1-9(2)6-12-7-10(3,4)8(9)5-11/h6-7H2,1-4H3. The van der Waals surface area contributed by atoms with E-state index >= 15 is 0 Å². The molecular formula is C10H16OS. The molecule has 1 aliphatic rings. The average Bonchev–Trinajstić information content (AvgIpc) is 1.83. The van der Waals surface area contributed by atoms with Gasteiger partial charge in [0, 0.05) is 27.9 Å². The molecule has 1 nitrogen and oxygen atoms in total. The topological polar surface area (TPSA) is 17.1 Å². The van der Waals surface area contributed by atoms with E-state index in [1.165, 1.54) is 0 Å². The summed E-state index contributed by atoms with van der Waals surface area (Å²) in [6.45, 7) is 8.50. The fourth-order valence-electron chi connectivity index (χ4n) is 1.90. The third kappa shape index (κ3) is 1.60. The van der Waals surface area contributed by atoms with E-state index in [1.807, 2.05) is 11.8 Å². The van der Waals surface area contributed by atoms with Gasteiger partial charge in [-0.15, -0.1) is 0 Å². The summed E-state index contributed by atoms with van der Waals surface area (Å²) in [5.74, 6) is 4.22. The molecule has 0 bridgehead atoms. The number of rotatable bonds is 0. The van der Waals surface area contributed by atoms with Gasteiger partial charge < -0.3 is 0 Å². The average molecular weight is 184 g/mol. The van der Waals surface area contributed by atoms with E-state index in [0.717, 1.165) is 17.1 Å². The predicted molar refractivity (Wildman–Crippen MR) is 54.1 cm³/mol. The lowest BCUT2D eigenvalue weighted by atomic mass is 9.72. The highest BCUT2D eigenvalue weighted by Crippen LogP contribution is 2.46. The van der Waals surface area contributed by atoms with Gasteiger partial charge in [0.2, 0.25) is 0 Å². The molecule has 0 unspecified atom stereocenters. The Morgan fingerprint density at radius 2 is 1.58 bits per heavy atom. The Bertz CT molecular complexity index is 216. The molecule has 1 aliphatic heterocycles. The van der Waals surface area contributed by atoms with Crippen LogP contribution in [0.5, 0.6) is 0 Å². The Morgan fingerprint density at radius 3 is 1.83 bits per heavy atom.